The number of carbonyl (C=O) groups excluding carboxylic acids is 1. The van der Waals surface area contributed by atoms with Crippen LogP contribution < -0.4 is 0 Å². The van der Waals surface area contributed by atoms with Crippen LogP contribution in [-0.4, -0.2) is 41.6 Å². The number of hydrogen-bond donors (Lipinski definition) is 1. The van der Waals surface area contributed by atoms with Crippen LogP contribution in [0.5, 0.6) is 0 Å². The molecule has 4 aliphatic carbocycles. The fourth-order valence-corrected chi connectivity index (χ4v) is 8.43. The highest BCUT2D eigenvalue weighted by Crippen LogP contribution is 2.70. The van der Waals surface area contributed by atoms with Gasteiger partial charge in [-0.15, -0.1) is 0 Å². The second kappa shape index (κ2) is 6.91. The molecule has 0 radical (unpaired) electrons. The first kappa shape index (κ1) is 21.7. The lowest BCUT2D eigenvalue weighted by atomic mass is 9.46. The van der Waals surface area contributed by atoms with Crippen LogP contribution in [0.15, 0.2) is 24.0 Å². The summed E-state index contributed by atoms with van der Waals surface area (Å²) in [6.45, 7) is 8.56. The molecule has 1 aliphatic heterocycles. The van der Waals surface area contributed by atoms with Gasteiger partial charge in [0.05, 0.1) is 25.6 Å². The van der Waals surface area contributed by atoms with E-state index >= 15 is 0 Å². The van der Waals surface area contributed by atoms with E-state index in [0.29, 0.717) is 17.8 Å². The zero-order chi connectivity index (χ0) is 22.2. The predicted molar refractivity (Wildman–Crippen MR) is 117 cm³/mol. The Bertz CT molecular complexity index is 830. The molecular weight excluding hydrogens is 392 g/mol. The Balaban J connectivity index is 1.54. The number of carbonyl (C=O) groups is 1. The van der Waals surface area contributed by atoms with E-state index in [0.717, 1.165) is 44.9 Å². The molecule has 1 N–H and O–H groups in total. The average molecular weight is 431 g/mol. The van der Waals surface area contributed by atoms with Gasteiger partial charge < -0.3 is 19.3 Å². The standard InChI is InChI=1S/C26H38O5/c1-23(2)30-22-15-20-18-7-6-16-14-17(27)8-11-24(16,3)19(18)9-12-25(20,4)26(22,31-23)21(28)10-13-29-5/h6,10,13,17-20,22,27H,7-9,11-12,14-15H2,1-5H3/b13-10+/t17-,18-,19-,20+,22+,24+,25+,26-/m1/s1. The van der Waals surface area contributed by atoms with Crippen molar-refractivity contribution in [3.8, 4) is 0 Å². The second-order valence-corrected chi connectivity index (χ2v) is 11.6. The van der Waals surface area contributed by atoms with Crippen LogP contribution in [-0.2, 0) is 19.0 Å². The van der Waals surface area contributed by atoms with E-state index in [1.54, 1.807) is 13.2 Å². The van der Waals surface area contributed by atoms with E-state index in [9.17, 15) is 9.90 Å². The largest absolute Gasteiger partial charge is 0.504 e. The molecule has 172 valence electrons. The molecule has 3 saturated carbocycles. The first-order chi connectivity index (χ1) is 14.6. The van der Waals surface area contributed by atoms with Gasteiger partial charge in [-0.05, 0) is 82.0 Å². The average Bonchev–Trinajstić information content (AvgIpc) is 3.12. The van der Waals surface area contributed by atoms with Crippen molar-refractivity contribution >= 4 is 5.78 Å². The van der Waals surface area contributed by atoms with Crippen LogP contribution in [0, 0.1) is 28.6 Å². The normalized spacial score (nSPS) is 50.3. The molecule has 1 heterocycles. The van der Waals surface area contributed by atoms with Crippen molar-refractivity contribution in [3.05, 3.63) is 24.0 Å². The Morgan fingerprint density at radius 1 is 1.19 bits per heavy atom. The molecule has 5 aliphatic rings. The number of methoxy groups -OCH3 is 1. The Morgan fingerprint density at radius 3 is 2.71 bits per heavy atom. The van der Waals surface area contributed by atoms with Gasteiger partial charge in [-0.1, -0.05) is 25.5 Å². The summed E-state index contributed by atoms with van der Waals surface area (Å²) in [5.74, 6) is 0.726. The maximum Gasteiger partial charge on any atom is 0.193 e. The topological polar surface area (TPSA) is 65.0 Å². The van der Waals surface area contributed by atoms with Crippen LogP contribution in [0.3, 0.4) is 0 Å². The summed E-state index contributed by atoms with van der Waals surface area (Å²) < 4.78 is 18.1. The number of aliphatic hydroxyl groups excluding tert-OH is 1. The van der Waals surface area contributed by atoms with Crippen molar-refractivity contribution in [1.29, 1.82) is 0 Å². The van der Waals surface area contributed by atoms with Crippen molar-refractivity contribution in [2.45, 2.75) is 96.2 Å². The molecule has 0 bridgehead atoms. The van der Waals surface area contributed by atoms with Crippen LogP contribution in [0.2, 0.25) is 0 Å². The van der Waals surface area contributed by atoms with E-state index in [1.165, 1.54) is 11.8 Å². The molecule has 5 rings (SSSR count). The van der Waals surface area contributed by atoms with E-state index in [-0.39, 0.29) is 28.8 Å². The fraction of sp³-hybridized carbons (Fsp3) is 0.808. The Morgan fingerprint density at radius 2 is 1.97 bits per heavy atom. The third-order valence-corrected chi connectivity index (χ3v) is 9.79. The van der Waals surface area contributed by atoms with Crippen molar-refractivity contribution in [2.75, 3.05) is 7.11 Å². The SMILES string of the molecule is CO/C=C/C(=O)[C@@]12OC(C)(C)O[C@H]1C[C@H]1[C@@H]3CC=C4C[C@H](O)CC[C@]4(C)[C@@H]3CC[C@@]12C. The van der Waals surface area contributed by atoms with Gasteiger partial charge in [0.15, 0.2) is 17.2 Å². The minimum absolute atomic E-state index is 0.0209. The van der Waals surface area contributed by atoms with E-state index < -0.39 is 11.4 Å². The van der Waals surface area contributed by atoms with Crippen LogP contribution >= 0.6 is 0 Å². The lowest BCUT2D eigenvalue weighted by Crippen LogP contribution is -2.60. The zero-order valence-corrected chi connectivity index (χ0v) is 19.6. The van der Waals surface area contributed by atoms with Gasteiger partial charge in [0.1, 0.15) is 0 Å². The summed E-state index contributed by atoms with van der Waals surface area (Å²) in [4.78, 5) is 13.6. The molecule has 31 heavy (non-hydrogen) atoms. The molecule has 1 saturated heterocycles. The number of aliphatic hydroxyl groups is 1. The molecule has 5 heteroatoms. The third-order valence-electron chi connectivity index (χ3n) is 9.79. The maximum atomic E-state index is 13.6. The lowest BCUT2D eigenvalue weighted by Gasteiger charge is -2.59. The number of fused-ring (bicyclic) bond motifs is 7. The first-order valence-electron chi connectivity index (χ1n) is 12.1. The molecule has 0 amide bonds. The number of allylic oxidation sites excluding steroid dienone is 1. The van der Waals surface area contributed by atoms with Crippen LogP contribution in [0.1, 0.15) is 72.6 Å². The first-order valence-corrected chi connectivity index (χ1v) is 12.1. The van der Waals surface area contributed by atoms with E-state index in [2.05, 4.69) is 19.9 Å². The van der Waals surface area contributed by atoms with Gasteiger partial charge >= 0.3 is 0 Å². The quantitative estimate of drug-likeness (QED) is 0.405. The summed E-state index contributed by atoms with van der Waals surface area (Å²) in [6, 6.07) is 0. The molecule has 0 spiro atoms. The smallest absolute Gasteiger partial charge is 0.193 e. The van der Waals surface area contributed by atoms with Crippen LogP contribution in [0.4, 0.5) is 0 Å². The van der Waals surface area contributed by atoms with Crippen molar-refractivity contribution in [2.24, 2.45) is 28.6 Å². The highest BCUT2D eigenvalue weighted by Gasteiger charge is 2.75. The summed E-state index contributed by atoms with van der Waals surface area (Å²) >= 11 is 0. The minimum Gasteiger partial charge on any atom is -0.504 e. The number of hydrogen-bond acceptors (Lipinski definition) is 5. The molecule has 4 fully saturated rings. The number of ether oxygens (including phenoxy) is 3. The van der Waals surface area contributed by atoms with Gasteiger partial charge in [0, 0.05) is 11.5 Å². The molecular formula is C26H38O5. The van der Waals surface area contributed by atoms with Crippen molar-refractivity contribution in [1.82, 2.24) is 0 Å². The summed E-state index contributed by atoms with van der Waals surface area (Å²) in [7, 11) is 1.56. The van der Waals surface area contributed by atoms with Crippen molar-refractivity contribution in [3.63, 3.8) is 0 Å². The van der Waals surface area contributed by atoms with Gasteiger partial charge in [0.25, 0.3) is 0 Å². The van der Waals surface area contributed by atoms with E-state index in [1.807, 2.05) is 13.8 Å². The fourth-order valence-electron chi connectivity index (χ4n) is 8.43. The Labute approximate surface area is 186 Å². The molecule has 8 atom stereocenters. The van der Waals surface area contributed by atoms with Gasteiger partial charge in [-0.25, -0.2) is 0 Å². The summed E-state index contributed by atoms with van der Waals surface area (Å²) in [6.07, 6.45) is 11.8. The third kappa shape index (κ3) is 2.82. The maximum absolute atomic E-state index is 13.6. The minimum atomic E-state index is -0.950. The Kier molecular flexibility index (Phi) is 4.83. The highest BCUT2D eigenvalue weighted by molar-refractivity contribution is 5.99. The molecule has 5 nitrogen and oxygen atoms in total. The summed E-state index contributed by atoms with van der Waals surface area (Å²) in [5.41, 5.74) is 0.429. The van der Waals surface area contributed by atoms with Gasteiger partial charge in [-0.3, -0.25) is 4.79 Å². The molecule has 0 unspecified atom stereocenters. The predicted octanol–water partition coefficient (Wildman–Crippen LogP) is 4.54. The summed E-state index contributed by atoms with van der Waals surface area (Å²) in [5, 5.41) is 10.2. The molecule has 0 aromatic rings. The lowest BCUT2D eigenvalue weighted by molar-refractivity contribution is -0.212. The highest BCUT2D eigenvalue weighted by atomic mass is 16.8. The molecule has 0 aromatic carbocycles. The zero-order valence-electron chi connectivity index (χ0n) is 19.6. The monoisotopic (exact) mass is 430 g/mol. The van der Waals surface area contributed by atoms with Crippen molar-refractivity contribution < 1.29 is 24.1 Å². The molecule has 0 aromatic heterocycles. The number of ketones is 1. The van der Waals surface area contributed by atoms with Crippen LogP contribution in [0.25, 0.3) is 0 Å². The number of rotatable bonds is 3. The van der Waals surface area contributed by atoms with E-state index in [4.69, 9.17) is 14.2 Å². The van der Waals surface area contributed by atoms with Gasteiger partial charge in [0.2, 0.25) is 0 Å². The van der Waals surface area contributed by atoms with Gasteiger partial charge in [-0.2, -0.15) is 0 Å². The Hall–Kier alpha value is -1.17. The second-order valence-electron chi connectivity index (χ2n) is 11.6.